The summed E-state index contributed by atoms with van der Waals surface area (Å²) in [7, 11) is 0. The summed E-state index contributed by atoms with van der Waals surface area (Å²) < 4.78 is 1.75. The minimum atomic E-state index is 0.312. The molecule has 3 heterocycles. The van der Waals surface area contributed by atoms with Crippen LogP contribution in [0.2, 0.25) is 0 Å². The average Bonchev–Trinajstić information content (AvgIpc) is 2.84. The van der Waals surface area contributed by atoms with Gasteiger partial charge in [-0.2, -0.15) is 4.98 Å². The lowest BCUT2D eigenvalue weighted by Crippen LogP contribution is -2.14. The molecule has 1 aliphatic heterocycles. The fourth-order valence-electron chi connectivity index (χ4n) is 1.94. The fourth-order valence-corrected chi connectivity index (χ4v) is 1.94. The molecule has 5 nitrogen and oxygen atoms in total. The Kier molecular flexibility index (Phi) is 1.92. The molecule has 1 fully saturated rings. The second-order valence-corrected chi connectivity index (χ2v) is 3.99. The lowest BCUT2D eigenvalue weighted by Gasteiger charge is -2.02. The Labute approximate surface area is 87.5 Å². The molecule has 2 aromatic rings. The largest absolute Gasteiger partial charge is 0.307 e. The molecule has 0 aromatic carbocycles. The van der Waals surface area contributed by atoms with Crippen molar-refractivity contribution in [1.29, 1.82) is 0 Å². The highest BCUT2D eigenvalue weighted by Crippen LogP contribution is 2.19. The number of nitrogens with one attached hydrogen (secondary N) is 1. The zero-order chi connectivity index (χ0) is 10.3. The van der Waals surface area contributed by atoms with E-state index in [1.54, 1.807) is 4.52 Å². The maximum atomic E-state index is 4.44. The highest BCUT2D eigenvalue weighted by molar-refractivity contribution is 5.28. The van der Waals surface area contributed by atoms with E-state index in [-0.39, 0.29) is 0 Å². The number of aromatic nitrogens is 4. The predicted molar refractivity (Wildman–Crippen MR) is 55.5 cm³/mol. The molecule has 0 spiro atoms. The van der Waals surface area contributed by atoms with E-state index in [1.165, 1.54) is 6.42 Å². The summed E-state index contributed by atoms with van der Waals surface area (Å²) in [5.74, 6) is 1.55. The molecule has 3 rings (SSSR count). The van der Waals surface area contributed by atoms with Gasteiger partial charge in [-0.1, -0.05) is 0 Å². The summed E-state index contributed by atoms with van der Waals surface area (Å²) in [4.78, 5) is 8.65. The van der Waals surface area contributed by atoms with Gasteiger partial charge in [0.25, 0.3) is 5.78 Å². The van der Waals surface area contributed by atoms with Crippen molar-refractivity contribution >= 4 is 5.78 Å². The number of hydrogen-bond acceptors (Lipinski definition) is 4. The van der Waals surface area contributed by atoms with Crippen LogP contribution in [0, 0.1) is 6.92 Å². The molecule has 2 aromatic heterocycles. The van der Waals surface area contributed by atoms with Crippen LogP contribution in [-0.4, -0.2) is 26.1 Å². The van der Waals surface area contributed by atoms with Gasteiger partial charge in [-0.25, -0.2) is 9.50 Å². The molecule has 78 valence electrons. The van der Waals surface area contributed by atoms with Crippen LogP contribution in [0.1, 0.15) is 30.3 Å². The standard InChI is InChI=1S/C10H13N5/c1-7-5-12-10-13-9(14-15(10)6-7)8-3-2-4-11-8/h5-6,8,11H,2-4H2,1H3. The molecule has 0 bridgehead atoms. The SMILES string of the molecule is Cc1cnc2nc(C3CCCN3)nn2c1. The second kappa shape index (κ2) is 3.27. The van der Waals surface area contributed by atoms with Crippen LogP contribution in [0.25, 0.3) is 5.78 Å². The first kappa shape index (κ1) is 8.79. The van der Waals surface area contributed by atoms with Gasteiger partial charge in [0.1, 0.15) is 0 Å². The van der Waals surface area contributed by atoms with E-state index in [0.29, 0.717) is 11.8 Å². The Hall–Kier alpha value is -1.49. The van der Waals surface area contributed by atoms with Gasteiger partial charge in [-0.15, -0.1) is 5.10 Å². The molecule has 1 saturated heterocycles. The van der Waals surface area contributed by atoms with Crippen LogP contribution in [0.3, 0.4) is 0 Å². The highest BCUT2D eigenvalue weighted by Gasteiger charge is 2.20. The van der Waals surface area contributed by atoms with Crippen molar-refractivity contribution in [2.75, 3.05) is 6.54 Å². The van der Waals surface area contributed by atoms with Crippen LogP contribution in [0.15, 0.2) is 12.4 Å². The lowest BCUT2D eigenvalue weighted by molar-refractivity contribution is 0.604. The van der Waals surface area contributed by atoms with Crippen LogP contribution in [-0.2, 0) is 0 Å². The first-order valence-electron chi connectivity index (χ1n) is 5.25. The van der Waals surface area contributed by atoms with Crippen LogP contribution < -0.4 is 5.32 Å². The van der Waals surface area contributed by atoms with Gasteiger partial charge in [-0.05, 0) is 31.9 Å². The van der Waals surface area contributed by atoms with Crippen LogP contribution in [0.4, 0.5) is 0 Å². The maximum Gasteiger partial charge on any atom is 0.252 e. The van der Waals surface area contributed by atoms with Gasteiger partial charge in [0.2, 0.25) is 0 Å². The van der Waals surface area contributed by atoms with Gasteiger partial charge in [0.15, 0.2) is 5.82 Å². The van der Waals surface area contributed by atoms with E-state index in [0.717, 1.165) is 24.4 Å². The number of fused-ring (bicyclic) bond motifs is 1. The van der Waals surface area contributed by atoms with E-state index in [2.05, 4.69) is 20.4 Å². The van der Waals surface area contributed by atoms with Crippen molar-refractivity contribution in [1.82, 2.24) is 24.9 Å². The molecule has 5 heteroatoms. The Morgan fingerprint density at radius 2 is 2.47 bits per heavy atom. The van der Waals surface area contributed by atoms with Crippen molar-refractivity contribution in [3.63, 3.8) is 0 Å². The third-order valence-electron chi connectivity index (χ3n) is 2.71. The molecule has 0 radical (unpaired) electrons. The van der Waals surface area contributed by atoms with Gasteiger partial charge in [0, 0.05) is 12.4 Å². The minimum Gasteiger partial charge on any atom is -0.307 e. The van der Waals surface area contributed by atoms with E-state index < -0.39 is 0 Å². The zero-order valence-corrected chi connectivity index (χ0v) is 8.64. The lowest BCUT2D eigenvalue weighted by atomic mass is 10.2. The number of hydrogen-bond donors (Lipinski definition) is 1. The molecule has 1 unspecified atom stereocenters. The molecule has 1 atom stereocenters. The maximum absolute atomic E-state index is 4.44. The van der Waals surface area contributed by atoms with Crippen molar-refractivity contribution in [3.05, 3.63) is 23.8 Å². The summed E-state index contributed by atoms with van der Waals surface area (Å²) in [6, 6.07) is 0.312. The first-order chi connectivity index (χ1) is 7.33. The second-order valence-electron chi connectivity index (χ2n) is 3.99. The molecular formula is C10H13N5. The third-order valence-corrected chi connectivity index (χ3v) is 2.71. The number of nitrogens with zero attached hydrogens (tertiary/aromatic N) is 4. The molecule has 15 heavy (non-hydrogen) atoms. The minimum absolute atomic E-state index is 0.312. The predicted octanol–water partition coefficient (Wildman–Crippen LogP) is 0.857. The van der Waals surface area contributed by atoms with Crippen molar-refractivity contribution < 1.29 is 0 Å². The zero-order valence-electron chi connectivity index (χ0n) is 8.64. The summed E-state index contributed by atoms with van der Waals surface area (Å²) in [5.41, 5.74) is 1.10. The molecule has 1 N–H and O–H groups in total. The van der Waals surface area contributed by atoms with Crippen molar-refractivity contribution in [2.45, 2.75) is 25.8 Å². The quantitative estimate of drug-likeness (QED) is 0.746. The van der Waals surface area contributed by atoms with Crippen molar-refractivity contribution in [2.24, 2.45) is 0 Å². The van der Waals surface area contributed by atoms with Crippen molar-refractivity contribution in [3.8, 4) is 0 Å². The summed E-state index contributed by atoms with van der Waals surface area (Å²) in [6.45, 7) is 3.06. The Balaban J connectivity index is 2.05. The number of aryl methyl sites for hydroxylation is 1. The number of rotatable bonds is 1. The Bertz CT molecular complexity index is 484. The molecule has 0 aliphatic carbocycles. The van der Waals surface area contributed by atoms with E-state index >= 15 is 0 Å². The molecule has 0 amide bonds. The van der Waals surface area contributed by atoms with Gasteiger partial charge < -0.3 is 5.32 Å². The summed E-state index contributed by atoms with van der Waals surface area (Å²) >= 11 is 0. The normalized spacial score (nSPS) is 21.3. The van der Waals surface area contributed by atoms with Gasteiger partial charge >= 0.3 is 0 Å². The highest BCUT2D eigenvalue weighted by atomic mass is 15.3. The topological polar surface area (TPSA) is 55.1 Å². The Morgan fingerprint density at radius 1 is 1.53 bits per heavy atom. The van der Waals surface area contributed by atoms with Crippen LogP contribution >= 0.6 is 0 Å². The van der Waals surface area contributed by atoms with E-state index in [9.17, 15) is 0 Å². The van der Waals surface area contributed by atoms with E-state index in [1.807, 2.05) is 19.3 Å². The van der Waals surface area contributed by atoms with E-state index in [4.69, 9.17) is 0 Å². The smallest absolute Gasteiger partial charge is 0.252 e. The molecule has 0 saturated carbocycles. The van der Waals surface area contributed by atoms with Gasteiger partial charge in [0.05, 0.1) is 6.04 Å². The third kappa shape index (κ3) is 1.48. The summed E-state index contributed by atoms with van der Waals surface area (Å²) in [5, 5.41) is 7.82. The Morgan fingerprint density at radius 3 is 3.27 bits per heavy atom. The molecular weight excluding hydrogens is 190 g/mol. The fraction of sp³-hybridized carbons (Fsp3) is 0.500. The summed E-state index contributed by atoms with van der Waals surface area (Å²) in [6.07, 6.45) is 6.09. The van der Waals surface area contributed by atoms with Crippen LogP contribution in [0.5, 0.6) is 0 Å². The molecule has 1 aliphatic rings. The average molecular weight is 203 g/mol. The van der Waals surface area contributed by atoms with Gasteiger partial charge in [-0.3, -0.25) is 0 Å². The first-order valence-corrected chi connectivity index (χ1v) is 5.25. The monoisotopic (exact) mass is 203 g/mol.